The quantitative estimate of drug-likeness (QED) is 0.183. The zero-order chi connectivity index (χ0) is 29.7. The zero-order valence-corrected chi connectivity index (χ0v) is 24.1. The molecule has 2 aromatic carbocycles. The number of aromatic nitrogens is 1. The van der Waals surface area contributed by atoms with Gasteiger partial charge in [0.05, 0.1) is 18.1 Å². The summed E-state index contributed by atoms with van der Waals surface area (Å²) in [6.45, 7) is 0.708. The summed E-state index contributed by atoms with van der Waals surface area (Å²) in [7, 11) is -3.41. The van der Waals surface area contributed by atoms with Crippen molar-refractivity contribution in [2.45, 2.75) is 62.7 Å². The maximum Gasteiger partial charge on any atom is 0.303 e. The predicted octanol–water partition coefficient (Wildman–Crippen LogP) is 5.59. The van der Waals surface area contributed by atoms with Crippen molar-refractivity contribution < 1.29 is 37.7 Å². The highest BCUT2D eigenvalue weighted by Crippen LogP contribution is 2.29. The van der Waals surface area contributed by atoms with E-state index in [4.69, 9.17) is 14.6 Å². The summed E-state index contributed by atoms with van der Waals surface area (Å²) in [5, 5.41) is 18.0. The normalized spacial score (nSPS) is 11.2. The Balaban J connectivity index is 1.52. The molecule has 2 N–H and O–H groups in total. The average molecular weight is 584 g/mol. The first-order chi connectivity index (χ1) is 19.6. The number of hydrogen-bond donors (Lipinski definition) is 2. The number of aliphatic carboxylic acids is 2. The Kier molecular flexibility index (Phi) is 12.1. The van der Waals surface area contributed by atoms with Crippen molar-refractivity contribution in [1.29, 1.82) is 0 Å². The van der Waals surface area contributed by atoms with Gasteiger partial charge in [-0.3, -0.25) is 14.6 Å². The van der Waals surface area contributed by atoms with Gasteiger partial charge in [-0.25, -0.2) is 8.42 Å². The number of unbranched alkanes of at least 4 members (excludes halogenated alkanes) is 3. The molecule has 0 fully saturated rings. The number of rotatable bonds is 18. The van der Waals surface area contributed by atoms with Crippen molar-refractivity contribution in [2.24, 2.45) is 0 Å². The third-order valence-electron chi connectivity index (χ3n) is 6.54. The lowest BCUT2D eigenvalue weighted by molar-refractivity contribution is -0.138. The van der Waals surface area contributed by atoms with E-state index in [9.17, 15) is 23.1 Å². The van der Waals surface area contributed by atoms with Crippen LogP contribution in [-0.2, 0) is 32.3 Å². The van der Waals surface area contributed by atoms with Gasteiger partial charge >= 0.3 is 11.9 Å². The van der Waals surface area contributed by atoms with Crippen molar-refractivity contribution in [3.8, 4) is 22.6 Å². The van der Waals surface area contributed by atoms with Crippen LogP contribution in [0.4, 0.5) is 0 Å². The average Bonchev–Trinajstić information content (AvgIpc) is 2.94. The van der Waals surface area contributed by atoms with Crippen molar-refractivity contribution in [2.75, 3.05) is 19.5 Å². The molecule has 0 atom stereocenters. The summed E-state index contributed by atoms with van der Waals surface area (Å²) in [4.78, 5) is 26.2. The van der Waals surface area contributed by atoms with Gasteiger partial charge < -0.3 is 19.7 Å². The summed E-state index contributed by atoms with van der Waals surface area (Å²) in [6.07, 6.45) is 9.55. The Morgan fingerprint density at radius 3 is 2.20 bits per heavy atom. The van der Waals surface area contributed by atoms with E-state index >= 15 is 0 Å². The van der Waals surface area contributed by atoms with Gasteiger partial charge in [-0.05, 0) is 90.8 Å². The van der Waals surface area contributed by atoms with Gasteiger partial charge in [0.25, 0.3) is 0 Å². The molecule has 0 bridgehead atoms. The lowest BCUT2D eigenvalue weighted by Gasteiger charge is -2.15. The van der Waals surface area contributed by atoms with E-state index in [1.54, 1.807) is 30.6 Å². The van der Waals surface area contributed by atoms with Gasteiger partial charge in [0.15, 0.2) is 9.84 Å². The minimum atomic E-state index is -3.41. The number of ether oxygens (including phenoxy) is 2. The van der Waals surface area contributed by atoms with Crippen molar-refractivity contribution >= 4 is 21.8 Å². The highest BCUT2D eigenvalue weighted by atomic mass is 32.2. The van der Waals surface area contributed by atoms with E-state index in [1.807, 2.05) is 30.3 Å². The number of carboxylic acids is 2. The highest BCUT2D eigenvalue weighted by Gasteiger charge is 2.14. The summed E-state index contributed by atoms with van der Waals surface area (Å²) < 4.78 is 36.2. The minimum Gasteiger partial charge on any atom is -0.494 e. The standard InChI is InChI=1S/C31H37NO8S/c1-41(37,38)27-21-25(23-14-16-32-17-15-23)20-26(22-27)39-18-5-3-2-4-8-24-9-6-10-29(28(24)12-13-31(35)36)40-19-7-11-30(33)34/h6,9-10,14-17,20-22H,2-5,7-8,11-13,18-19H2,1H3,(H,33,34)(H,35,36). The maximum absolute atomic E-state index is 12.2. The molecule has 3 rings (SSSR count). The van der Waals surface area contributed by atoms with Crippen LogP contribution in [-0.4, -0.2) is 55.0 Å². The monoisotopic (exact) mass is 583 g/mol. The number of pyridine rings is 1. The van der Waals surface area contributed by atoms with E-state index in [0.29, 0.717) is 30.9 Å². The molecule has 41 heavy (non-hydrogen) atoms. The molecule has 1 heterocycles. The molecule has 220 valence electrons. The second kappa shape index (κ2) is 15.8. The van der Waals surface area contributed by atoms with Crippen LogP contribution < -0.4 is 9.47 Å². The summed E-state index contributed by atoms with van der Waals surface area (Å²) in [5.74, 6) is -0.643. The molecule has 0 spiro atoms. The molecule has 0 unspecified atom stereocenters. The van der Waals surface area contributed by atoms with Crippen LogP contribution in [0.1, 0.15) is 56.1 Å². The SMILES string of the molecule is CS(=O)(=O)c1cc(OCCCCCCc2cccc(OCCCC(=O)O)c2CCC(=O)O)cc(-c2ccncc2)c1. The molecule has 0 saturated heterocycles. The smallest absolute Gasteiger partial charge is 0.303 e. The topological polar surface area (TPSA) is 140 Å². The molecule has 0 aliphatic rings. The van der Waals surface area contributed by atoms with E-state index in [2.05, 4.69) is 4.98 Å². The molecule has 0 saturated carbocycles. The molecule has 0 radical (unpaired) electrons. The fourth-order valence-electron chi connectivity index (χ4n) is 4.44. The number of carbonyl (C=O) groups is 2. The largest absolute Gasteiger partial charge is 0.494 e. The molecule has 10 heteroatoms. The predicted molar refractivity (Wildman–Crippen MR) is 155 cm³/mol. The second-order valence-corrected chi connectivity index (χ2v) is 11.9. The Labute approximate surface area is 241 Å². The molecule has 0 aliphatic heterocycles. The molecular weight excluding hydrogens is 546 g/mol. The third kappa shape index (κ3) is 10.9. The van der Waals surface area contributed by atoms with E-state index in [-0.39, 0.29) is 24.3 Å². The van der Waals surface area contributed by atoms with Gasteiger partial charge in [-0.1, -0.05) is 25.0 Å². The van der Waals surface area contributed by atoms with Crippen molar-refractivity contribution in [3.05, 3.63) is 72.1 Å². The van der Waals surface area contributed by atoms with Gasteiger partial charge in [-0.2, -0.15) is 0 Å². The minimum absolute atomic E-state index is 0.0107. The van der Waals surface area contributed by atoms with Crippen LogP contribution in [0.3, 0.4) is 0 Å². The zero-order valence-electron chi connectivity index (χ0n) is 23.3. The van der Waals surface area contributed by atoms with Crippen LogP contribution in [0.2, 0.25) is 0 Å². The first kappa shape index (κ1) is 31.6. The van der Waals surface area contributed by atoms with Crippen molar-refractivity contribution in [1.82, 2.24) is 4.98 Å². The van der Waals surface area contributed by atoms with E-state index < -0.39 is 21.8 Å². The number of nitrogens with zero attached hydrogens (tertiary/aromatic N) is 1. The highest BCUT2D eigenvalue weighted by molar-refractivity contribution is 7.90. The van der Waals surface area contributed by atoms with Gasteiger partial charge in [0, 0.05) is 31.5 Å². The maximum atomic E-state index is 12.2. The van der Waals surface area contributed by atoms with Crippen LogP contribution >= 0.6 is 0 Å². The first-order valence-corrected chi connectivity index (χ1v) is 15.6. The van der Waals surface area contributed by atoms with Crippen LogP contribution in [0.5, 0.6) is 11.5 Å². The van der Waals surface area contributed by atoms with E-state index in [0.717, 1.165) is 54.4 Å². The van der Waals surface area contributed by atoms with Gasteiger partial charge in [0.2, 0.25) is 0 Å². The fourth-order valence-corrected chi connectivity index (χ4v) is 5.11. The number of hydrogen-bond acceptors (Lipinski definition) is 7. The Morgan fingerprint density at radius 1 is 0.780 bits per heavy atom. The number of aryl methyl sites for hydroxylation is 1. The number of sulfone groups is 1. The first-order valence-electron chi connectivity index (χ1n) is 13.7. The lowest BCUT2D eigenvalue weighted by atomic mass is 9.97. The van der Waals surface area contributed by atoms with E-state index in [1.165, 1.54) is 6.26 Å². The molecule has 0 amide bonds. The Hall–Kier alpha value is -3.92. The summed E-state index contributed by atoms with van der Waals surface area (Å²) >= 11 is 0. The van der Waals surface area contributed by atoms with Gasteiger partial charge in [0.1, 0.15) is 11.5 Å². The summed E-state index contributed by atoms with van der Waals surface area (Å²) in [5.41, 5.74) is 3.51. The van der Waals surface area contributed by atoms with Crippen LogP contribution in [0, 0.1) is 0 Å². The molecule has 0 aliphatic carbocycles. The number of carboxylic acid groups (broad SMARTS) is 2. The molecule has 9 nitrogen and oxygen atoms in total. The van der Waals surface area contributed by atoms with Crippen molar-refractivity contribution in [3.63, 3.8) is 0 Å². The lowest BCUT2D eigenvalue weighted by Crippen LogP contribution is -2.07. The molecule has 1 aromatic heterocycles. The Morgan fingerprint density at radius 2 is 1.49 bits per heavy atom. The van der Waals surface area contributed by atoms with Crippen LogP contribution in [0.15, 0.2) is 65.8 Å². The fraction of sp³-hybridized carbons (Fsp3) is 0.387. The number of benzene rings is 2. The molecular formula is C31H37NO8S. The third-order valence-corrected chi connectivity index (χ3v) is 7.63. The molecule has 3 aromatic rings. The van der Waals surface area contributed by atoms with Crippen LogP contribution in [0.25, 0.3) is 11.1 Å². The second-order valence-electron chi connectivity index (χ2n) is 9.85. The summed E-state index contributed by atoms with van der Waals surface area (Å²) in [6, 6.07) is 14.3. The Bertz CT molecular complexity index is 1410. The van der Waals surface area contributed by atoms with Gasteiger partial charge in [-0.15, -0.1) is 0 Å².